The number of ketones is 1. The maximum absolute atomic E-state index is 13.6. The summed E-state index contributed by atoms with van der Waals surface area (Å²) in [6, 6.07) is 4.05. The molecule has 2 aromatic heterocycles. The monoisotopic (exact) mass is 290 g/mol. The van der Waals surface area contributed by atoms with Crippen LogP contribution in [0.25, 0.3) is 10.9 Å². The van der Waals surface area contributed by atoms with Crippen LogP contribution in [0.15, 0.2) is 30.6 Å². The fraction of sp³-hybridized carbons (Fsp3) is 0. The van der Waals surface area contributed by atoms with Crippen LogP contribution >= 0.6 is 11.6 Å². The Hall–Kier alpha value is -2.47. The lowest BCUT2D eigenvalue weighted by Gasteiger charge is -2.06. The second kappa shape index (κ2) is 4.57. The van der Waals surface area contributed by atoms with Crippen molar-refractivity contribution in [2.75, 3.05) is 5.73 Å². The van der Waals surface area contributed by atoms with Crippen molar-refractivity contribution in [2.45, 2.75) is 0 Å². The molecule has 0 aliphatic heterocycles. The van der Waals surface area contributed by atoms with Crippen molar-refractivity contribution in [3.63, 3.8) is 0 Å². The highest BCUT2D eigenvalue weighted by Gasteiger charge is 2.20. The maximum Gasteiger partial charge on any atom is 0.214 e. The van der Waals surface area contributed by atoms with Crippen molar-refractivity contribution in [1.82, 2.24) is 15.2 Å². The molecule has 100 valence electrons. The molecule has 2 heterocycles. The fourth-order valence-electron chi connectivity index (χ4n) is 1.96. The number of nitrogens with one attached hydrogen (secondary N) is 1. The van der Waals surface area contributed by atoms with Gasteiger partial charge in [0.2, 0.25) is 5.78 Å². The number of aromatic amines is 1. The van der Waals surface area contributed by atoms with E-state index < -0.39 is 11.6 Å². The van der Waals surface area contributed by atoms with Crippen molar-refractivity contribution in [2.24, 2.45) is 0 Å². The number of pyridine rings is 1. The quantitative estimate of drug-likeness (QED) is 0.710. The summed E-state index contributed by atoms with van der Waals surface area (Å²) >= 11 is 5.87. The van der Waals surface area contributed by atoms with E-state index in [-0.39, 0.29) is 27.5 Å². The summed E-state index contributed by atoms with van der Waals surface area (Å²) < 4.78 is 13.6. The minimum atomic E-state index is -0.485. The Bertz CT molecular complexity index is 830. The van der Waals surface area contributed by atoms with Gasteiger partial charge in [0.25, 0.3) is 0 Å². The first-order valence-electron chi connectivity index (χ1n) is 5.66. The second-order valence-electron chi connectivity index (χ2n) is 4.14. The molecule has 0 unspecified atom stereocenters. The van der Waals surface area contributed by atoms with Gasteiger partial charge in [0.1, 0.15) is 17.0 Å². The number of nitrogens with zero attached hydrogens (tertiary/aromatic N) is 2. The first-order valence-corrected chi connectivity index (χ1v) is 6.03. The molecular weight excluding hydrogens is 283 g/mol. The Labute approximate surface area is 117 Å². The van der Waals surface area contributed by atoms with E-state index in [0.717, 1.165) is 0 Å². The van der Waals surface area contributed by atoms with Crippen LogP contribution in [-0.2, 0) is 0 Å². The van der Waals surface area contributed by atoms with E-state index in [1.165, 1.54) is 30.6 Å². The third kappa shape index (κ3) is 1.81. The number of H-pyrrole nitrogens is 1. The number of nitrogens with two attached hydrogens (primary N) is 1. The molecule has 0 fully saturated rings. The standard InChI is InChI=1S/C13H8ClFN4O/c14-8-3-4-17-12(10(8)16)13(20)6-1-2-9(15)11-7(6)5-18-19-11/h1-5H,16H2,(H,18,19). The molecule has 3 aromatic rings. The Morgan fingerprint density at radius 1 is 1.35 bits per heavy atom. The highest BCUT2D eigenvalue weighted by Crippen LogP contribution is 2.26. The number of anilines is 1. The normalized spacial score (nSPS) is 10.9. The molecule has 0 aliphatic rings. The number of carbonyl (C=O) groups excluding carboxylic acids is 1. The second-order valence-corrected chi connectivity index (χ2v) is 4.55. The molecule has 0 bridgehead atoms. The zero-order chi connectivity index (χ0) is 14.3. The van der Waals surface area contributed by atoms with Gasteiger partial charge in [-0.1, -0.05) is 11.6 Å². The van der Waals surface area contributed by atoms with E-state index in [0.29, 0.717) is 5.39 Å². The van der Waals surface area contributed by atoms with Crippen LogP contribution in [0.2, 0.25) is 5.02 Å². The van der Waals surface area contributed by atoms with E-state index in [9.17, 15) is 9.18 Å². The number of carbonyl (C=O) groups is 1. The predicted octanol–water partition coefficient (Wildman–Crippen LogP) is 2.56. The molecule has 0 spiro atoms. The van der Waals surface area contributed by atoms with Crippen LogP contribution in [0.3, 0.4) is 0 Å². The molecule has 3 rings (SSSR count). The van der Waals surface area contributed by atoms with E-state index in [4.69, 9.17) is 17.3 Å². The van der Waals surface area contributed by atoms with E-state index in [1.807, 2.05) is 0 Å². The number of benzene rings is 1. The average Bonchev–Trinajstić information content (AvgIpc) is 2.92. The number of hydrogen-bond acceptors (Lipinski definition) is 4. The van der Waals surface area contributed by atoms with Crippen LogP contribution in [0.5, 0.6) is 0 Å². The topological polar surface area (TPSA) is 84.7 Å². The molecule has 1 aromatic carbocycles. The SMILES string of the molecule is Nc1c(Cl)ccnc1C(=O)c1ccc(F)c2[nH]ncc12. The number of hydrogen-bond donors (Lipinski definition) is 2. The number of aromatic nitrogens is 3. The molecule has 0 aliphatic carbocycles. The molecule has 3 N–H and O–H groups in total. The first kappa shape index (κ1) is 12.6. The van der Waals surface area contributed by atoms with Crippen molar-refractivity contribution in [1.29, 1.82) is 0 Å². The highest BCUT2D eigenvalue weighted by atomic mass is 35.5. The van der Waals surface area contributed by atoms with Gasteiger partial charge in [0, 0.05) is 17.1 Å². The third-order valence-electron chi connectivity index (χ3n) is 2.96. The van der Waals surface area contributed by atoms with Gasteiger partial charge in [0.05, 0.1) is 16.9 Å². The van der Waals surface area contributed by atoms with Crippen molar-refractivity contribution in [3.8, 4) is 0 Å². The molecule has 0 amide bonds. The van der Waals surface area contributed by atoms with Gasteiger partial charge in [-0.15, -0.1) is 0 Å². The van der Waals surface area contributed by atoms with Gasteiger partial charge in [-0.2, -0.15) is 5.10 Å². The minimum Gasteiger partial charge on any atom is -0.396 e. The first-order chi connectivity index (χ1) is 9.59. The van der Waals surface area contributed by atoms with Crippen LogP contribution < -0.4 is 5.73 Å². The van der Waals surface area contributed by atoms with E-state index >= 15 is 0 Å². The Morgan fingerprint density at radius 3 is 2.95 bits per heavy atom. The van der Waals surface area contributed by atoms with Crippen molar-refractivity contribution < 1.29 is 9.18 Å². The molecule has 0 saturated heterocycles. The fourth-order valence-corrected chi connectivity index (χ4v) is 2.10. The molecule has 5 nitrogen and oxygen atoms in total. The largest absolute Gasteiger partial charge is 0.396 e. The smallest absolute Gasteiger partial charge is 0.214 e. The van der Waals surface area contributed by atoms with E-state index in [1.54, 1.807) is 0 Å². The zero-order valence-electron chi connectivity index (χ0n) is 10.0. The Kier molecular flexibility index (Phi) is 2.87. The minimum absolute atomic E-state index is 0.0339. The molecule has 0 atom stereocenters. The van der Waals surface area contributed by atoms with Crippen molar-refractivity contribution >= 4 is 34.0 Å². The highest BCUT2D eigenvalue weighted by molar-refractivity contribution is 6.34. The van der Waals surface area contributed by atoms with Crippen LogP contribution in [0.4, 0.5) is 10.1 Å². The summed E-state index contributed by atoms with van der Waals surface area (Å²) in [4.78, 5) is 16.4. The summed E-state index contributed by atoms with van der Waals surface area (Å²) in [5.41, 5.74) is 6.31. The van der Waals surface area contributed by atoms with Gasteiger partial charge >= 0.3 is 0 Å². The van der Waals surface area contributed by atoms with Crippen LogP contribution in [0.1, 0.15) is 16.1 Å². The molecule has 0 saturated carbocycles. The molecule has 20 heavy (non-hydrogen) atoms. The van der Waals surface area contributed by atoms with Gasteiger partial charge in [-0.05, 0) is 18.2 Å². The van der Waals surface area contributed by atoms with Gasteiger partial charge in [0.15, 0.2) is 0 Å². The molecule has 0 radical (unpaired) electrons. The van der Waals surface area contributed by atoms with Gasteiger partial charge < -0.3 is 5.73 Å². The summed E-state index contributed by atoms with van der Waals surface area (Å²) in [7, 11) is 0. The Morgan fingerprint density at radius 2 is 2.15 bits per heavy atom. The summed E-state index contributed by atoms with van der Waals surface area (Å²) in [6.45, 7) is 0. The maximum atomic E-state index is 13.6. The lowest BCUT2D eigenvalue weighted by molar-refractivity contribution is 0.103. The Balaban J connectivity index is 2.21. The summed E-state index contributed by atoms with van der Waals surface area (Å²) in [5, 5.41) is 6.87. The summed E-state index contributed by atoms with van der Waals surface area (Å²) in [6.07, 6.45) is 2.77. The van der Waals surface area contributed by atoms with Crippen LogP contribution in [-0.4, -0.2) is 21.0 Å². The lowest BCUT2D eigenvalue weighted by Crippen LogP contribution is -2.09. The number of nitrogen functional groups attached to an aromatic ring is 1. The molecule has 7 heteroatoms. The average molecular weight is 291 g/mol. The van der Waals surface area contributed by atoms with Crippen molar-refractivity contribution in [3.05, 3.63) is 52.7 Å². The number of halogens is 2. The van der Waals surface area contributed by atoms with E-state index in [2.05, 4.69) is 15.2 Å². The van der Waals surface area contributed by atoms with Crippen LogP contribution in [0, 0.1) is 5.82 Å². The summed E-state index contributed by atoms with van der Waals surface area (Å²) in [5.74, 6) is -0.919. The number of fused-ring (bicyclic) bond motifs is 1. The zero-order valence-corrected chi connectivity index (χ0v) is 10.8. The van der Waals surface area contributed by atoms with Gasteiger partial charge in [-0.25, -0.2) is 4.39 Å². The number of rotatable bonds is 2. The predicted molar refractivity (Wildman–Crippen MR) is 73.1 cm³/mol. The van der Waals surface area contributed by atoms with Gasteiger partial charge in [-0.3, -0.25) is 14.9 Å². The lowest BCUT2D eigenvalue weighted by atomic mass is 10.0. The third-order valence-corrected chi connectivity index (χ3v) is 3.29. The molecular formula is C13H8ClFN4O.